The van der Waals surface area contributed by atoms with E-state index in [2.05, 4.69) is 397 Å². The van der Waals surface area contributed by atoms with Crippen molar-refractivity contribution in [3.63, 3.8) is 0 Å². The molecule has 24 rings (SSSR count). The molecule has 0 amide bonds. The molecule has 0 aliphatic heterocycles. The first kappa shape index (κ1) is 77.1. The monoisotopic (exact) mass is 1600 g/mol. The van der Waals surface area contributed by atoms with Crippen molar-refractivity contribution in [2.75, 3.05) is 10.2 Å². The molecule has 8 saturated carbocycles. The van der Waals surface area contributed by atoms with E-state index in [1.165, 1.54) is 222 Å². The molecule has 0 atom stereocenters. The maximum Gasteiger partial charge on any atom is 0.0540 e. The summed E-state index contributed by atoms with van der Waals surface area (Å²) in [6, 6.07) is 118. The zero-order valence-corrected chi connectivity index (χ0v) is 70.9. The van der Waals surface area contributed by atoms with Crippen molar-refractivity contribution in [1.82, 2.24) is 0 Å². The van der Waals surface area contributed by atoms with Gasteiger partial charge in [-0.25, -0.2) is 0 Å². The third-order valence-electron chi connectivity index (χ3n) is 29.0. The summed E-state index contributed by atoms with van der Waals surface area (Å²) in [5.74, 6) is 5.93. The minimum Gasteiger partial charge on any atom is -0.355 e. The topological polar surface area (TPSA) is 15.3 Å². The smallest absolute Gasteiger partial charge is 0.0540 e. The molecule has 10 aliphatic carbocycles. The zero-order valence-electron chi connectivity index (χ0n) is 69.3. The van der Waals surface area contributed by atoms with Gasteiger partial charge < -0.3 is 10.2 Å². The predicted molar refractivity (Wildman–Crippen MR) is 505 cm³/mol. The lowest BCUT2D eigenvalue weighted by molar-refractivity contribution is -0.00530. The molecule has 0 spiro atoms. The highest BCUT2D eigenvalue weighted by Gasteiger charge is 2.53. The average Bonchev–Trinajstić information content (AvgIpc) is 1.36. The summed E-state index contributed by atoms with van der Waals surface area (Å²) in [7, 11) is 0. The van der Waals surface area contributed by atoms with Gasteiger partial charge in [-0.1, -0.05) is 316 Å². The van der Waals surface area contributed by atoms with E-state index in [4.69, 9.17) is 0 Å². The van der Waals surface area contributed by atoms with E-state index in [1.54, 1.807) is 11.1 Å². The Kier molecular flexibility index (Phi) is 20.1. The molecule has 3 heteroatoms. The number of hydrogen-bond donors (Lipinski definition) is 1. The highest BCUT2D eigenvalue weighted by atomic mass is 79.9. The van der Waals surface area contributed by atoms with Gasteiger partial charge in [0.1, 0.15) is 0 Å². The Morgan fingerprint density at radius 2 is 0.627 bits per heavy atom. The van der Waals surface area contributed by atoms with Crippen LogP contribution in [-0.4, -0.2) is 0 Å². The molecule has 0 unspecified atom stereocenters. The van der Waals surface area contributed by atoms with Crippen molar-refractivity contribution in [1.29, 1.82) is 0 Å². The van der Waals surface area contributed by atoms with Gasteiger partial charge in [0.05, 0.1) is 5.69 Å². The molecule has 118 heavy (non-hydrogen) atoms. The highest BCUT2D eigenvalue weighted by molar-refractivity contribution is 9.10. The van der Waals surface area contributed by atoms with Gasteiger partial charge in [-0.3, -0.25) is 0 Å². The lowest BCUT2D eigenvalue weighted by atomic mass is 9.48. The van der Waals surface area contributed by atoms with E-state index in [1.807, 2.05) is 0 Å². The molecule has 0 saturated heterocycles. The molecule has 0 radical (unpaired) electrons. The van der Waals surface area contributed by atoms with Crippen LogP contribution in [0.4, 0.5) is 28.4 Å². The van der Waals surface area contributed by atoms with Crippen molar-refractivity contribution >= 4 is 44.4 Å². The maximum atomic E-state index is 3.77. The number of nitrogens with zero attached hydrogens (tertiary/aromatic N) is 1. The minimum atomic E-state index is -0.103. The van der Waals surface area contributed by atoms with Crippen molar-refractivity contribution in [3.8, 4) is 89.0 Å². The minimum absolute atomic E-state index is 0. The second-order valence-corrected chi connectivity index (χ2v) is 38.8. The number of anilines is 5. The zero-order chi connectivity index (χ0) is 79.5. The van der Waals surface area contributed by atoms with Crippen molar-refractivity contribution in [2.45, 2.75) is 162 Å². The van der Waals surface area contributed by atoms with Gasteiger partial charge in [-0.15, -0.1) is 0 Å². The predicted octanol–water partition coefficient (Wildman–Crippen LogP) is 32.5. The van der Waals surface area contributed by atoms with Gasteiger partial charge in [0.15, 0.2) is 0 Å². The lowest BCUT2D eigenvalue weighted by Gasteiger charge is -2.57. The summed E-state index contributed by atoms with van der Waals surface area (Å²) < 4.78 is 1.14. The molecular formula is C115H111BrN2. The normalized spacial score (nSPS) is 21.7. The Morgan fingerprint density at radius 3 is 1.08 bits per heavy atom. The van der Waals surface area contributed by atoms with Crippen LogP contribution < -0.4 is 10.2 Å². The molecule has 2 nitrogen and oxygen atoms in total. The van der Waals surface area contributed by atoms with Crippen LogP contribution in [0.25, 0.3) is 89.0 Å². The summed E-state index contributed by atoms with van der Waals surface area (Å²) in [5.41, 5.74) is 40.8. The average molecular weight is 1600 g/mol. The van der Waals surface area contributed by atoms with Crippen LogP contribution in [0.3, 0.4) is 0 Å². The van der Waals surface area contributed by atoms with Crippen LogP contribution in [0.1, 0.15) is 168 Å². The fourth-order valence-electron chi connectivity index (χ4n) is 24.1. The summed E-state index contributed by atoms with van der Waals surface area (Å²) >= 11 is 3.52. The molecule has 1 N–H and O–H groups in total. The maximum absolute atomic E-state index is 3.77. The molecule has 14 aromatic carbocycles. The molecule has 10 aliphatic rings. The second kappa shape index (κ2) is 30.8. The van der Waals surface area contributed by atoms with Crippen LogP contribution in [0, 0.1) is 63.2 Å². The highest BCUT2D eigenvalue weighted by Crippen LogP contribution is 2.63. The molecule has 588 valence electrons. The van der Waals surface area contributed by atoms with Crippen LogP contribution in [-0.2, 0) is 21.7 Å². The molecule has 8 fully saturated rings. The molecule has 0 aromatic heterocycles. The number of hydrogen-bond acceptors (Lipinski definition) is 2. The quantitative estimate of drug-likeness (QED) is 0.124. The Labute approximate surface area is 711 Å². The SMILES string of the molecule is Brc1ccc(-c2ccc(C34CC5CC(CC(C5)C3)C4)cc2)cc1.C.Cc1cccc(-c2ccc(N(c3ccc(-c4ccc(C56CC7CC(CC(C7)C5)C6)cc4)cc3)c3ccc4c(c3)C(C)(C)c3ccccc3-4)c(-c3cccc(C)c3)c2)c1.Cc1cccc(-c2ccc(Nc3ccc4c(c3)C(C)(C)c3ccccc3-4)c(-c3cccc(C)c3)c2)c1. The first-order valence-electron chi connectivity index (χ1n) is 43.5. The van der Waals surface area contributed by atoms with Crippen molar-refractivity contribution in [2.24, 2.45) is 35.5 Å². The number of rotatable bonds is 13. The van der Waals surface area contributed by atoms with E-state index in [9.17, 15) is 0 Å². The Hall–Kier alpha value is -10.8. The van der Waals surface area contributed by atoms with Crippen LogP contribution in [0.5, 0.6) is 0 Å². The number of aryl methyl sites for hydroxylation is 4. The van der Waals surface area contributed by atoms with Crippen molar-refractivity contribution < 1.29 is 0 Å². The van der Waals surface area contributed by atoms with Crippen LogP contribution in [0.15, 0.2) is 320 Å². The number of benzene rings is 14. The number of fused-ring (bicyclic) bond motifs is 6. The second-order valence-electron chi connectivity index (χ2n) is 37.9. The fraction of sp³-hybridized carbons (Fsp3) is 0.270. The number of nitrogens with one attached hydrogen (secondary N) is 1. The van der Waals surface area contributed by atoms with Gasteiger partial charge in [0, 0.05) is 49.2 Å². The van der Waals surface area contributed by atoms with Gasteiger partial charge >= 0.3 is 0 Å². The van der Waals surface area contributed by atoms with Gasteiger partial charge in [-0.2, -0.15) is 0 Å². The first-order chi connectivity index (χ1) is 56.8. The fourth-order valence-corrected chi connectivity index (χ4v) is 24.4. The number of halogens is 1. The van der Waals surface area contributed by atoms with E-state index in [0.717, 1.165) is 57.0 Å². The third-order valence-corrected chi connectivity index (χ3v) is 29.5. The lowest BCUT2D eigenvalue weighted by Crippen LogP contribution is -2.48. The summed E-state index contributed by atoms with van der Waals surface area (Å²) in [5, 5.41) is 3.77. The van der Waals surface area contributed by atoms with Gasteiger partial charge in [0.2, 0.25) is 0 Å². The summed E-state index contributed by atoms with van der Waals surface area (Å²) in [6.45, 7) is 18.1. The van der Waals surface area contributed by atoms with Crippen LogP contribution in [0.2, 0.25) is 0 Å². The summed E-state index contributed by atoms with van der Waals surface area (Å²) in [4.78, 5) is 2.50. The summed E-state index contributed by atoms with van der Waals surface area (Å²) in [6.07, 6.45) is 17.6. The van der Waals surface area contributed by atoms with E-state index >= 15 is 0 Å². The molecular weight excluding hydrogens is 1490 g/mol. The van der Waals surface area contributed by atoms with Gasteiger partial charge in [-0.05, 0) is 335 Å². The first-order valence-corrected chi connectivity index (χ1v) is 44.3. The van der Waals surface area contributed by atoms with E-state index in [0.29, 0.717) is 10.8 Å². The Morgan fingerprint density at radius 1 is 0.280 bits per heavy atom. The van der Waals surface area contributed by atoms with Gasteiger partial charge in [0.25, 0.3) is 0 Å². The van der Waals surface area contributed by atoms with Crippen molar-refractivity contribution in [3.05, 3.63) is 376 Å². The largest absolute Gasteiger partial charge is 0.355 e. The Bertz CT molecular complexity index is 6040. The standard InChI is InChI=1S/C57H53N.C35H31N.C22H23Br.CH4/c1-37-9-7-11-44(27-37)45-19-26-55(52(32-45)46-12-8-10-38(2)28-46)58(49-24-25-51-50-13-5-6-14-53(50)56(3,4)54(51)33-49)48-22-17-43(18-23-48)42-15-20-47(21-16-42)57-34-39-29-40(35-57)31-41(30-39)36-57;1-23-9-7-11-25(19-23)26-15-18-34(31(21-26)27-12-8-10-24(2)20-27)36-28-16-17-30-29-13-5-6-14-32(29)35(3,4)33(30)22-28;23-21-7-3-19(4-8-21)18-1-5-20(6-2-18)22-12-15-9-16(13-22)11-17(10-15)14-22;/h5-28,32-33,39-41H,29-31,34-36H2,1-4H3;5-22,36H,1-4H3;1-8,15-17H,9-14H2;1H4. The molecule has 8 bridgehead atoms. The van der Waals surface area contributed by atoms with E-state index < -0.39 is 0 Å². The van der Waals surface area contributed by atoms with Crippen LogP contribution >= 0.6 is 15.9 Å². The van der Waals surface area contributed by atoms with E-state index in [-0.39, 0.29) is 18.3 Å². The third kappa shape index (κ3) is 14.4. The molecule has 0 heterocycles. The Balaban J connectivity index is 0.000000130. The molecule has 14 aromatic rings.